The van der Waals surface area contributed by atoms with Crippen molar-refractivity contribution in [3.63, 3.8) is 0 Å². The minimum Gasteiger partial charge on any atom is -0.393 e. The highest BCUT2D eigenvalue weighted by molar-refractivity contribution is 5.79. The zero-order chi connectivity index (χ0) is 14.5. The number of nitrogens with two attached hydrogens (primary N) is 1. The molecule has 0 aliphatic heterocycles. The van der Waals surface area contributed by atoms with Crippen LogP contribution in [-0.2, 0) is 4.79 Å². The number of carbonyl (C=O) groups excluding carboxylic acids is 1. The number of hydrogen-bond donors (Lipinski definition) is 3. The second-order valence-electron chi connectivity index (χ2n) is 5.75. The number of aliphatic hydroxyl groups is 1. The minimum atomic E-state index is -0.301. The minimum absolute atomic E-state index is 0.0274. The van der Waals surface area contributed by atoms with Crippen molar-refractivity contribution >= 4 is 5.91 Å². The molecular weight excluding hydrogens is 252 g/mol. The van der Waals surface area contributed by atoms with E-state index >= 15 is 0 Å². The normalized spacial score (nSPS) is 25.8. The summed E-state index contributed by atoms with van der Waals surface area (Å²) in [7, 11) is 0. The molecule has 0 spiro atoms. The molecule has 4 unspecified atom stereocenters. The van der Waals surface area contributed by atoms with Gasteiger partial charge in [0.25, 0.3) is 0 Å². The Morgan fingerprint density at radius 1 is 1.35 bits per heavy atom. The van der Waals surface area contributed by atoms with E-state index in [4.69, 9.17) is 5.73 Å². The van der Waals surface area contributed by atoms with E-state index in [1.165, 1.54) is 0 Å². The van der Waals surface area contributed by atoms with E-state index in [1.807, 2.05) is 37.3 Å². The van der Waals surface area contributed by atoms with Gasteiger partial charge in [-0.25, -0.2) is 0 Å². The maximum absolute atomic E-state index is 12.3. The quantitative estimate of drug-likeness (QED) is 0.784. The maximum Gasteiger partial charge on any atom is 0.224 e. The summed E-state index contributed by atoms with van der Waals surface area (Å²) in [5.74, 6) is -0.308. The third kappa shape index (κ3) is 3.81. The second-order valence-corrected chi connectivity index (χ2v) is 5.75. The van der Waals surface area contributed by atoms with Crippen LogP contribution in [-0.4, -0.2) is 23.2 Å². The molecule has 1 aromatic carbocycles. The maximum atomic E-state index is 12.3. The Labute approximate surface area is 120 Å². The van der Waals surface area contributed by atoms with Gasteiger partial charge in [-0.05, 0) is 31.2 Å². The van der Waals surface area contributed by atoms with Gasteiger partial charge in [-0.2, -0.15) is 0 Å². The first kappa shape index (κ1) is 15.0. The molecule has 4 atom stereocenters. The number of aliphatic hydroxyl groups excluding tert-OH is 1. The Kier molecular flexibility index (Phi) is 5.15. The fraction of sp³-hybridized carbons (Fsp3) is 0.562. The summed E-state index contributed by atoms with van der Waals surface area (Å²) in [5, 5.41) is 12.7. The number of nitrogens with one attached hydrogen (secondary N) is 1. The Balaban J connectivity index is 1.91. The van der Waals surface area contributed by atoms with Crippen molar-refractivity contribution in [2.24, 2.45) is 11.7 Å². The molecule has 1 saturated carbocycles. The second kappa shape index (κ2) is 6.86. The Hall–Kier alpha value is -1.39. The van der Waals surface area contributed by atoms with Crippen molar-refractivity contribution < 1.29 is 9.90 Å². The van der Waals surface area contributed by atoms with Crippen molar-refractivity contribution in [1.29, 1.82) is 0 Å². The fourth-order valence-corrected chi connectivity index (χ4v) is 2.75. The molecular formula is C16H24N2O2. The van der Waals surface area contributed by atoms with Crippen LogP contribution in [0.25, 0.3) is 0 Å². The molecule has 0 heterocycles. The van der Waals surface area contributed by atoms with Crippen LogP contribution in [0.15, 0.2) is 30.3 Å². The molecule has 1 aromatic rings. The van der Waals surface area contributed by atoms with Crippen molar-refractivity contribution in [2.45, 2.75) is 50.8 Å². The van der Waals surface area contributed by atoms with Gasteiger partial charge in [-0.1, -0.05) is 37.3 Å². The standard InChI is InChI=1S/C16H24N2O2/c1-11(15(17)12-6-3-2-4-7-12)16(20)18-13-8-5-9-14(19)10-13/h2-4,6-7,11,13-15,19H,5,8-10,17H2,1H3,(H,18,20). The van der Waals surface area contributed by atoms with E-state index in [0.29, 0.717) is 6.42 Å². The van der Waals surface area contributed by atoms with E-state index in [-0.39, 0.29) is 30.0 Å². The highest BCUT2D eigenvalue weighted by Gasteiger charge is 2.26. The first-order valence-corrected chi connectivity index (χ1v) is 7.37. The van der Waals surface area contributed by atoms with Gasteiger partial charge in [0.2, 0.25) is 5.91 Å². The third-order valence-corrected chi connectivity index (χ3v) is 4.13. The summed E-state index contributed by atoms with van der Waals surface area (Å²) in [6.07, 6.45) is 3.11. The summed E-state index contributed by atoms with van der Waals surface area (Å²) in [6.45, 7) is 1.85. The van der Waals surface area contributed by atoms with Crippen LogP contribution >= 0.6 is 0 Å². The van der Waals surface area contributed by atoms with Gasteiger partial charge in [0.1, 0.15) is 0 Å². The van der Waals surface area contributed by atoms with E-state index in [1.54, 1.807) is 0 Å². The van der Waals surface area contributed by atoms with E-state index < -0.39 is 0 Å². The lowest BCUT2D eigenvalue weighted by molar-refractivity contribution is -0.126. The van der Waals surface area contributed by atoms with Crippen LogP contribution in [0, 0.1) is 5.92 Å². The van der Waals surface area contributed by atoms with E-state index in [0.717, 1.165) is 24.8 Å². The molecule has 2 rings (SSSR count). The predicted octanol–water partition coefficient (Wildman–Crippen LogP) is 1.74. The van der Waals surface area contributed by atoms with Gasteiger partial charge in [0.05, 0.1) is 12.0 Å². The van der Waals surface area contributed by atoms with Gasteiger partial charge in [-0.3, -0.25) is 4.79 Å². The average Bonchev–Trinajstić information content (AvgIpc) is 2.46. The highest BCUT2D eigenvalue weighted by atomic mass is 16.3. The van der Waals surface area contributed by atoms with Gasteiger partial charge in [0.15, 0.2) is 0 Å². The Bertz CT molecular complexity index is 435. The lowest BCUT2D eigenvalue weighted by Crippen LogP contribution is -2.44. The zero-order valence-electron chi connectivity index (χ0n) is 12.0. The molecule has 20 heavy (non-hydrogen) atoms. The van der Waals surface area contributed by atoms with Crippen LogP contribution in [0.4, 0.5) is 0 Å². The molecule has 0 radical (unpaired) electrons. The average molecular weight is 276 g/mol. The smallest absolute Gasteiger partial charge is 0.224 e. The van der Waals surface area contributed by atoms with E-state index in [2.05, 4.69) is 5.32 Å². The monoisotopic (exact) mass is 276 g/mol. The molecule has 110 valence electrons. The molecule has 4 N–H and O–H groups in total. The topological polar surface area (TPSA) is 75.3 Å². The summed E-state index contributed by atoms with van der Waals surface area (Å²) in [4.78, 5) is 12.3. The SMILES string of the molecule is CC(C(=O)NC1CCCC(O)C1)C(N)c1ccccc1. The van der Waals surface area contributed by atoms with Gasteiger partial charge < -0.3 is 16.2 Å². The van der Waals surface area contributed by atoms with Crippen LogP contribution in [0.5, 0.6) is 0 Å². The molecule has 1 aliphatic rings. The molecule has 4 nitrogen and oxygen atoms in total. The molecule has 1 aliphatic carbocycles. The van der Waals surface area contributed by atoms with E-state index in [9.17, 15) is 9.90 Å². The molecule has 0 aromatic heterocycles. The first-order valence-electron chi connectivity index (χ1n) is 7.37. The van der Waals surface area contributed by atoms with Crippen LogP contribution < -0.4 is 11.1 Å². The number of benzene rings is 1. The third-order valence-electron chi connectivity index (χ3n) is 4.13. The largest absolute Gasteiger partial charge is 0.393 e. The van der Waals surface area contributed by atoms with Gasteiger partial charge in [-0.15, -0.1) is 0 Å². The Morgan fingerprint density at radius 2 is 2.05 bits per heavy atom. The van der Waals surface area contributed by atoms with Gasteiger partial charge >= 0.3 is 0 Å². The first-order chi connectivity index (χ1) is 9.58. The van der Waals surface area contributed by atoms with Crippen molar-refractivity contribution in [1.82, 2.24) is 5.32 Å². The summed E-state index contributed by atoms with van der Waals surface area (Å²) in [5.41, 5.74) is 7.13. The Morgan fingerprint density at radius 3 is 2.70 bits per heavy atom. The number of hydrogen-bond acceptors (Lipinski definition) is 3. The van der Waals surface area contributed by atoms with Crippen LogP contribution in [0.2, 0.25) is 0 Å². The number of rotatable bonds is 4. The van der Waals surface area contributed by atoms with Crippen molar-refractivity contribution in [3.05, 3.63) is 35.9 Å². The molecule has 1 amide bonds. The number of carbonyl (C=O) groups is 1. The fourth-order valence-electron chi connectivity index (χ4n) is 2.75. The van der Waals surface area contributed by atoms with Crippen molar-refractivity contribution in [2.75, 3.05) is 0 Å². The van der Waals surface area contributed by atoms with Crippen LogP contribution in [0.3, 0.4) is 0 Å². The molecule has 1 fully saturated rings. The lowest BCUT2D eigenvalue weighted by atomic mass is 9.91. The van der Waals surface area contributed by atoms with Crippen molar-refractivity contribution in [3.8, 4) is 0 Å². The molecule has 4 heteroatoms. The highest BCUT2D eigenvalue weighted by Crippen LogP contribution is 2.22. The van der Waals surface area contributed by atoms with Gasteiger partial charge in [0, 0.05) is 12.1 Å². The zero-order valence-corrected chi connectivity index (χ0v) is 12.0. The predicted molar refractivity (Wildman–Crippen MR) is 78.9 cm³/mol. The number of amides is 1. The molecule has 0 bridgehead atoms. The summed E-state index contributed by atoms with van der Waals surface area (Å²) >= 11 is 0. The lowest BCUT2D eigenvalue weighted by Gasteiger charge is -2.29. The summed E-state index contributed by atoms with van der Waals surface area (Å²) in [6, 6.07) is 9.46. The summed E-state index contributed by atoms with van der Waals surface area (Å²) < 4.78 is 0. The molecule has 0 saturated heterocycles. The van der Waals surface area contributed by atoms with Crippen LogP contribution in [0.1, 0.15) is 44.2 Å².